The minimum absolute atomic E-state index is 0.0200. The van der Waals surface area contributed by atoms with Gasteiger partial charge in [-0.3, -0.25) is 29.0 Å². The van der Waals surface area contributed by atoms with E-state index in [9.17, 15) is 24.0 Å². The van der Waals surface area contributed by atoms with E-state index in [2.05, 4.69) is 15.6 Å². The molecular weight excluding hydrogens is 626 g/mol. The first-order valence-corrected chi connectivity index (χ1v) is 17.7. The number of hydrogen-bond donors (Lipinski definition) is 6. The van der Waals surface area contributed by atoms with E-state index in [0.717, 1.165) is 31.2 Å². The Morgan fingerprint density at radius 2 is 1.63 bits per heavy atom. The van der Waals surface area contributed by atoms with Gasteiger partial charge in [0.15, 0.2) is 5.96 Å². The summed E-state index contributed by atoms with van der Waals surface area (Å²) in [6, 6.07) is 4.96. The van der Waals surface area contributed by atoms with Crippen LogP contribution < -0.4 is 33.6 Å². The van der Waals surface area contributed by atoms with E-state index in [4.69, 9.17) is 22.9 Å². The highest BCUT2D eigenvalue weighted by molar-refractivity contribution is 5.96. The van der Waals surface area contributed by atoms with Gasteiger partial charge < -0.3 is 43.4 Å². The fraction of sp³-hybridized carbons (Fsp3) is 0.657. The van der Waals surface area contributed by atoms with Crippen LogP contribution >= 0.6 is 0 Å². The molecule has 0 spiro atoms. The number of nitrogens with zero attached hydrogens (tertiary/aromatic N) is 3. The summed E-state index contributed by atoms with van der Waals surface area (Å²) in [5.41, 5.74) is 23.7. The molecular formula is C35H55N9O5. The highest BCUT2D eigenvalue weighted by atomic mass is 16.2. The first kappa shape index (κ1) is 37.6. The maximum absolute atomic E-state index is 14.3. The molecule has 0 radical (unpaired) electrons. The van der Waals surface area contributed by atoms with Gasteiger partial charge in [0.2, 0.25) is 29.5 Å². The molecule has 0 unspecified atom stereocenters. The monoisotopic (exact) mass is 681 g/mol. The van der Waals surface area contributed by atoms with Crippen molar-refractivity contribution in [2.45, 2.75) is 121 Å². The molecule has 14 nitrogen and oxygen atoms in total. The van der Waals surface area contributed by atoms with E-state index < -0.39 is 47.9 Å². The topological polar surface area (TPSA) is 232 Å². The number of hydrogen-bond acceptors (Lipinski definition) is 7. The molecule has 1 aliphatic carbocycles. The fourth-order valence-corrected chi connectivity index (χ4v) is 7.64. The van der Waals surface area contributed by atoms with Gasteiger partial charge in [-0.05, 0) is 68.8 Å². The molecule has 49 heavy (non-hydrogen) atoms. The van der Waals surface area contributed by atoms with Gasteiger partial charge in [-0.2, -0.15) is 0 Å². The number of primary amides is 1. The molecule has 1 aromatic rings. The second-order valence-electron chi connectivity index (χ2n) is 14.2. The maximum Gasteiger partial charge on any atom is 0.246 e. The van der Waals surface area contributed by atoms with Crippen LogP contribution in [0.4, 0.5) is 0 Å². The summed E-state index contributed by atoms with van der Waals surface area (Å²) in [7, 11) is 0. The molecule has 3 fully saturated rings. The maximum atomic E-state index is 14.3. The molecule has 0 aromatic heterocycles. The summed E-state index contributed by atoms with van der Waals surface area (Å²) in [5, 5.41) is 5.63. The van der Waals surface area contributed by atoms with Crippen LogP contribution in [0, 0.1) is 11.8 Å². The molecule has 2 saturated heterocycles. The number of carbonyl (C=O) groups excluding carboxylic acids is 5. The van der Waals surface area contributed by atoms with E-state index >= 15 is 0 Å². The Labute approximate surface area is 289 Å². The number of amides is 5. The standard InChI is InChI=1S/C35H55N9O5/c1-21(2)18-26(31(46)41-25(30(37)45)19-22-10-4-3-5-11-22)42-32(47)28-15-9-17-43(28)34(49)29-20-23-12-6-7-14-27(23)44(29)33(48)24(36)13-8-16-40-35(38)39/h3-5,10-11,21,23-29H,6-9,12-20,36H2,1-2H3,(H2,37,45)(H,41,46)(H,42,47)(H4,38,39,40)/t23-,24+,25-,26+,27-,28-,29-/m0/s1. The number of benzene rings is 1. The molecule has 1 aromatic carbocycles. The third-order valence-corrected chi connectivity index (χ3v) is 10.0. The molecule has 0 bridgehead atoms. The molecule has 2 heterocycles. The number of guanidine groups is 1. The number of nitrogens with one attached hydrogen (secondary N) is 2. The summed E-state index contributed by atoms with van der Waals surface area (Å²) in [5.74, 6) is -1.91. The van der Waals surface area contributed by atoms with Crippen LogP contribution in [-0.4, -0.2) is 94.6 Å². The van der Waals surface area contributed by atoms with Crippen molar-refractivity contribution >= 4 is 35.5 Å². The molecule has 270 valence electrons. The third-order valence-electron chi connectivity index (χ3n) is 10.0. The molecule has 1 saturated carbocycles. The lowest BCUT2D eigenvalue weighted by molar-refractivity contribution is -0.149. The Balaban J connectivity index is 1.46. The summed E-state index contributed by atoms with van der Waals surface area (Å²) in [4.78, 5) is 75.1. The van der Waals surface area contributed by atoms with Gasteiger partial charge in [0, 0.05) is 25.6 Å². The van der Waals surface area contributed by atoms with Crippen molar-refractivity contribution in [1.82, 2.24) is 20.4 Å². The normalized spacial score (nSPS) is 23.7. The molecule has 4 rings (SSSR count). The molecule has 2 aliphatic heterocycles. The van der Waals surface area contributed by atoms with Gasteiger partial charge in [0.1, 0.15) is 24.2 Å². The predicted molar refractivity (Wildman–Crippen MR) is 186 cm³/mol. The fourth-order valence-electron chi connectivity index (χ4n) is 7.64. The minimum atomic E-state index is -0.960. The second-order valence-corrected chi connectivity index (χ2v) is 14.2. The zero-order valence-electron chi connectivity index (χ0n) is 28.9. The minimum Gasteiger partial charge on any atom is -0.370 e. The number of likely N-dealkylation sites (tertiary alicyclic amines) is 2. The quantitative estimate of drug-likeness (QED) is 0.0852. The molecule has 7 atom stereocenters. The van der Waals surface area contributed by atoms with Crippen LogP contribution in [0.25, 0.3) is 0 Å². The van der Waals surface area contributed by atoms with Crippen molar-refractivity contribution in [3.8, 4) is 0 Å². The van der Waals surface area contributed by atoms with E-state index in [-0.39, 0.29) is 42.1 Å². The molecule has 10 N–H and O–H groups in total. The van der Waals surface area contributed by atoms with Gasteiger partial charge in [-0.25, -0.2) is 0 Å². The van der Waals surface area contributed by atoms with E-state index in [0.29, 0.717) is 51.6 Å². The third kappa shape index (κ3) is 9.93. The smallest absolute Gasteiger partial charge is 0.246 e. The number of fused-ring (bicyclic) bond motifs is 1. The highest BCUT2D eigenvalue weighted by Crippen LogP contribution is 2.41. The van der Waals surface area contributed by atoms with Crippen molar-refractivity contribution < 1.29 is 24.0 Å². The van der Waals surface area contributed by atoms with Gasteiger partial charge >= 0.3 is 0 Å². The van der Waals surface area contributed by atoms with E-state index in [1.54, 1.807) is 9.80 Å². The van der Waals surface area contributed by atoms with Crippen LogP contribution in [0.5, 0.6) is 0 Å². The zero-order chi connectivity index (χ0) is 35.7. The summed E-state index contributed by atoms with van der Waals surface area (Å²) < 4.78 is 0. The molecule has 14 heteroatoms. The Hall–Kier alpha value is -4.20. The Kier molecular flexibility index (Phi) is 13.4. The Morgan fingerprint density at radius 3 is 2.31 bits per heavy atom. The van der Waals surface area contributed by atoms with Crippen molar-refractivity contribution in [3.63, 3.8) is 0 Å². The number of rotatable bonds is 15. The number of nitrogens with two attached hydrogens (primary N) is 4. The van der Waals surface area contributed by atoms with E-state index in [1.807, 2.05) is 44.2 Å². The van der Waals surface area contributed by atoms with Crippen LogP contribution in [0.2, 0.25) is 0 Å². The SMILES string of the molecule is CC(C)C[C@@H](NC(=O)[C@@H]1CCCN1C(=O)[C@@H]1C[C@@H]2CCCC[C@@H]2N1C(=O)[C@H](N)CCCN=C(N)N)C(=O)N[C@@H](Cc1ccccc1)C(N)=O. The number of carbonyl (C=O) groups is 5. The largest absolute Gasteiger partial charge is 0.370 e. The average Bonchev–Trinajstić information content (AvgIpc) is 3.71. The van der Waals surface area contributed by atoms with Crippen molar-refractivity contribution in [3.05, 3.63) is 35.9 Å². The van der Waals surface area contributed by atoms with Crippen molar-refractivity contribution in [1.29, 1.82) is 0 Å². The van der Waals surface area contributed by atoms with Gasteiger partial charge in [0.25, 0.3) is 0 Å². The van der Waals surface area contributed by atoms with Crippen molar-refractivity contribution in [2.24, 2.45) is 39.8 Å². The lowest BCUT2D eigenvalue weighted by atomic mass is 9.84. The predicted octanol–water partition coefficient (Wildman–Crippen LogP) is 0.262. The van der Waals surface area contributed by atoms with Crippen molar-refractivity contribution in [2.75, 3.05) is 13.1 Å². The average molecular weight is 682 g/mol. The Bertz CT molecular complexity index is 1350. The van der Waals surface area contributed by atoms with Gasteiger partial charge in [-0.15, -0.1) is 0 Å². The van der Waals surface area contributed by atoms with Crippen LogP contribution in [0.3, 0.4) is 0 Å². The first-order chi connectivity index (χ1) is 23.4. The first-order valence-electron chi connectivity index (χ1n) is 17.7. The van der Waals surface area contributed by atoms with Crippen LogP contribution in [0.15, 0.2) is 35.3 Å². The van der Waals surface area contributed by atoms with Gasteiger partial charge in [0.05, 0.1) is 6.04 Å². The van der Waals surface area contributed by atoms with Gasteiger partial charge in [-0.1, -0.05) is 57.0 Å². The summed E-state index contributed by atoms with van der Waals surface area (Å²) in [6.07, 6.45) is 6.79. The number of aliphatic imine (C=N–C) groups is 1. The highest BCUT2D eigenvalue weighted by Gasteiger charge is 2.51. The summed E-state index contributed by atoms with van der Waals surface area (Å²) in [6.45, 7) is 4.60. The Morgan fingerprint density at radius 1 is 0.918 bits per heavy atom. The lowest BCUT2D eigenvalue weighted by Crippen LogP contribution is -2.59. The van der Waals surface area contributed by atoms with Crippen LogP contribution in [-0.2, 0) is 30.4 Å². The van der Waals surface area contributed by atoms with Crippen LogP contribution in [0.1, 0.15) is 83.6 Å². The summed E-state index contributed by atoms with van der Waals surface area (Å²) >= 11 is 0. The second kappa shape index (κ2) is 17.5. The molecule has 3 aliphatic rings. The lowest BCUT2D eigenvalue weighted by Gasteiger charge is -2.37. The van der Waals surface area contributed by atoms with E-state index in [1.165, 1.54) is 0 Å². The molecule has 5 amide bonds. The zero-order valence-corrected chi connectivity index (χ0v) is 28.9.